The van der Waals surface area contributed by atoms with Gasteiger partial charge in [-0.3, -0.25) is 0 Å². The van der Waals surface area contributed by atoms with Crippen LogP contribution in [0.4, 0.5) is 0 Å². The summed E-state index contributed by atoms with van der Waals surface area (Å²) >= 11 is 0. The summed E-state index contributed by atoms with van der Waals surface area (Å²) in [6.07, 6.45) is 1.12. The van der Waals surface area contributed by atoms with Gasteiger partial charge in [-0.2, -0.15) is 0 Å². The molecule has 1 heterocycles. The molecule has 0 aromatic carbocycles. The maximum atomic E-state index is 9.31. The molecule has 11 heavy (non-hydrogen) atoms. The molecular weight excluding hydrogens is 156 g/mol. The Labute approximate surface area is 68.9 Å². The molecule has 1 saturated heterocycles. The Kier molecular flexibility index (Phi) is 2.23. The molecule has 3 heteroatoms. The van der Waals surface area contributed by atoms with Crippen LogP contribution < -0.4 is 0 Å². The number of ether oxygens (including phenoxy) is 1. The van der Waals surface area contributed by atoms with Gasteiger partial charge in [-0.05, 0) is 0 Å². The van der Waals surface area contributed by atoms with Crippen molar-refractivity contribution < 1.29 is 9.84 Å². The van der Waals surface area contributed by atoms with Gasteiger partial charge in [0, 0.05) is 0 Å². The number of hydrogen-bond donors (Lipinski definition) is 1. The number of epoxide rings is 1. The first kappa shape index (κ1) is 8.97. The van der Waals surface area contributed by atoms with Crippen molar-refractivity contribution in [2.45, 2.75) is 37.6 Å². The first-order chi connectivity index (χ1) is 4.96. The van der Waals surface area contributed by atoms with E-state index in [9.17, 15) is 5.11 Å². The maximum Gasteiger partial charge on any atom is 0.110 e. The lowest BCUT2D eigenvalue weighted by molar-refractivity contribution is 0.178. The molecule has 0 bridgehead atoms. The standard InChI is InChI=1S/C8H16O2Si/c1-5-6(9)7-8(10-7)11(2,3)4/h5-9H,1H2,2-4H3/t6-,7-,8-/m0/s1. The van der Waals surface area contributed by atoms with Gasteiger partial charge in [0.2, 0.25) is 0 Å². The lowest BCUT2D eigenvalue weighted by Gasteiger charge is -2.11. The zero-order valence-electron chi connectivity index (χ0n) is 7.37. The first-order valence-electron chi connectivity index (χ1n) is 3.93. The van der Waals surface area contributed by atoms with Crippen molar-refractivity contribution in [3.05, 3.63) is 12.7 Å². The third-order valence-electron chi connectivity index (χ3n) is 1.96. The monoisotopic (exact) mass is 172 g/mol. The van der Waals surface area contributed by atoms with Gasteiger partial charge in [-0.25, -0.2) is 0 Å². The average molecular weight is 172 g/mol. The molecule has 0 aromatic rings. The normalized spacial score (nSPS) is 33.1. The summed E-state index contributed by atoms with van der Waals surface area (Å²) in [4.78, 5) is 0. The predicted molar refractivity (Wildman–Crippen MR) is 48.2 cm³/mol. The molecule has 0 aliphatic carbocycles. The number of rotatable bonds is 3. The molecule has 0 aromatic heterocycles. The minimum Gasteiger partial charge on any atom is -0.386 e. The van der Waals surface area contributed by atoms with E-state index in [0.29, 0.717) is 5.73 Å². The van der Waals surface area contributed by atoms with Crippen molar-refractivity contribution in [2.24, 2.45) is 0 Å². The molecular formula is C8H16O2Si. The van der Waals surface area contributed by atoms with Crippen molar-refractivity contribution in [3.63, 3.8) is 0 Å². The van der Waals surface area contributed by atoms with Gasteiger partial charge in [0.1, 0.15) is 12.2 Å². The van der Waals surface area contributed by atoms with E-state index in [1.54, 1.807) is 6.08 Å². The fourth-order valence-corrected chi connectivity index (χ4v) is 2.96. The van der Waals surface area contributed by atoms with Crippen molar-refractivity contribution in [3.8, 4) is 0 Å². The Morgan fingerprint density at radius 1 is 1.55 bits per heavy atom. The van der Waals surface area contributed by atoms with Crippen LogP contribution in [0.3, 0.4) is 0 Å². The SMILES string of the molecule is C=C[C@H](O)[C@@H]1O[C@H]1[Si](C)(C)C. The zero-order valence-corrected chi connectivity index (χ0v) is 8.37. The van der Waals surface area contributed by atoms with E-state index < -0.39 is 14.2 Å². The van der Waals surface area contributed by atoms with Gasteiger partial charge < -0.3 is 9.84 Å². The van der Waals surface area contributed by atoms with E-state index in [2.05, 4.69) is 26.2 Å². The Balaban J connectivity index is 2.43. The molecule has 1 fully saturated rings. The number of hydrogen-bond acceptors (Lipinski definition) is 2. The van der Waals surface area contributed by atoms with Gasteiger partial charge in [-0.15, -0.1) is 6.58 Å². The fourth-order valence-electron chi connectivity index (χ4n) is 1.21. The molecule has 1 aliphatic rings. The molecule has 0 amide bonds. The van der Waals surface area contributed by atoms with E-state index in [1.165, 1.54) is 0 Å². The van der Waals surface area contributed by atoms with Crippen LogP contribution in [0, 0.1) is 0 Å². The second-order valence-electron chi connectivity index (χ2n) is 4.11. The first-order valence-corrected chi connectivity index (χ1v) is 7.50. The van der Waals surface area contributed by atoms with Crippen molar-refractivity contribution in [1.29, 1.82) is 0 Å². The molecule has 0 radical (unpaired) electrons. The van der Waals surface area contributed by atoms with E-state index in [1.807, 2.05) is 0 Å². The van der Waals surface area contributed by atoms with Crippen LogP contribution in [0.1, 0.15) is 0 Å². The topological polar surface area (TPSA) is 32.8 Å². The third-order valence-corrected chi connectivity index (χ3v) is 4.13. The summed E-state index contributed by atoms with van der Waals surface area (Å²) in [5, 5.41) is 9.31. The second-order valence-corrected chi connectivity index (χ2v) is 9.41. The molecule has 0 spiro atoms. The highest BCUT2D eigenvalue weighted by Gasteiger charge is 2.50. The summed E-state index contributed by atoms with van der Waals surface area (Å²) in [5.41, 5.74) is 0.329. The van der Waals surface area contributed by atoms with Crippen LogP contribution in [0.15, 0.2) is 12.7 Å². The maximum absolute atomic E-state index is 9.31. The Morgan fingerprint density at radius 2 is 2.09 bits per heavy atom. The molecule has 2 nitrogen and oxygen atoms in total. The smallest absolute Gasteiger partial charge is 0.110 e. The molecule has 0 saturated carbocycles. The Morgan fingerprint density at radius 3 is 2.36 bits per heavy atom. The van der Waals surface area contributed by atoms with Crippen LogP contribution in [0.25, 0.3) is 0 Å². The highest BCUT2D eigenvalue weighted by atomic mass is 28.3. The predicted octanol–water partition coefficient (Wildman–Crippen LogP) is 1.18. The van der Waals surface area contributed by atoms with Crippen LogP contribution in [0.5, 0.6) is 0 Å². The van der Waals surface area contributed by atoms with Gasteiger partial charge in [0.05, 0.1) is 13.8 Å². The Hall–Kier alpha value is -0.123. The molecule has 1 N–H and O–H groups in total. The number of aliphatic hydroxyl groups is 1. The second kappa shape index (κ2) is 2.73. The van der Waals surface area contributed by atoms with Gasteiger partial charge in [0.15, 0.2) is 0 Å². The minimum atomic E-state index is -1.20. The molecule has 3 atom stereocenters. The lowest BCUT2D eigenvalue weighted by Crippen LogP contribution is -2.32. The Bertz CT molecular complexity index is 162. The van der Waals surface area contributed by atoms with Crippen LogP contribution in [0.2, 0.25) is 19.6 Å². The van der Waals surface area contributed by atoms with E-state index in [-0.39, 0.29) is 6.10 Å². The minimum absolute atomic E-state index is 0.0409. The summed E-state index contributed by atoms with van der Waals surface area (Å²) in [6.45, 7) is 10.3. The fraction of sp³-hybridized carbons (Fsp3) is 0.750. The molecule has 64 valence electrons. The van der Waals surface area contributed by atoms with Gasteiger partial charge in [0.25, 0.3) is 0 Å². The molecule has 0 unspecified atom stereocenters. The summed E-state index contributed by atoms with van der Waals surface area (Å²) < 4.78 is 5.37. The van der Waals surface area contributed by atoms with Crippen LogP contribution >= 0.6 is 0 Å². The summed E-state index contributed by atoms with van der Waals surface area (Å²) in [5.74, 6) is 0. The van der Waals surface area contributed by atoms with Crippen molar-refractivity contribution in [1.82, 2.24) is 0 Å². The van der Waals surface area contributed by atoms with Crippen molar-refractivity contribution >= 4 is 8.07 Å². The zero-order chi connectivity index (χ0) is 8.65. The summed E-state index contributed by atoms with van der Waals surface area (Å²) in [6, 6.07) is 0. The number of aliphatic hydroxyl groups excluding tert-OH is 1. The highest BCUT2D eigenvalue weighted by molar-refractivity contribution is 6.78. The van der Waals surface area contributed by atoms with Gasteiger partial charge >= 0.3 is 0 Å². The van der Waals surface area contributed by atoms with Crippen LogP contribution in [-0.2, 0) is 4.74 Å². The molecule has 1 aliphatic heterocycles. The largest absolute Gasteiger partial charge is 0.386 e. The summed E-state index contributed by atoms with van der Waals surface area (Å²) in [7, 11) is -1.20. The van der Waals surface area contributed by atoms with Crippen molar-refractivity contribution in [2.75, 3.05) is 0 Å². The van der Waals surface area contributed by atoms with Crippen LogP contribution in [-0.4, -0.2) is 31.1 Å². The lowest BCUT2D eigenvalue weighted by atomic mass is 10.3. The average Bonchev–Trinajstić information content (AvgIpc) is 2.62. The van der Waals surface area contributed by atoms with E-state index >= 15 is 0 Å². The van der Waals surface area contributed by atoms with E-state index in [4.69, 9.17) is 4.74 Å². The highest BCUT2D eigenvalue weighted by Crippen LogP contribution is 2.33. The molecule has 1 rings (SSSR count). The van der Waals surface area contributed by atoms with Gasteiger partial charge in [-0.1, -0.05) is 25.7 Å². The quantitative estimate of drug-likeness (QED) is 0.394. The third kappa shape index (κ3) is 1.92. The van der Waals surface area contributed by atoms with E-state index in [0.717, 1.165) is 0 Å².